The second kappa shape index (κ2) is 12.3. The smallest absolute Gasteiger partial charge is 0.329 e. The number of hydrogen-bond donors (Lipinski definition) is 2. The van der Waals surface area contributed by atoms with Crippen molar-refractivity contribution in [3.05, 3.63) is 102 Å². The fourth-order valence-corrected chi connectivity index (χ4v) is 4.94. The van der Waals surface area contributed by atoms with E-state index < -0.39 is 22.0 Å². The minimum absolute atomic E-state index is 0.0938. The minimum atomic E-state index is -3.95. The number of rotatable bonds is 11. The maximum absolute atomic E-state index is 13.1. The lowest BCUT2D eigenvalue weighted by molar-refractivity contribution is -0.138. The van der Waals surface area contributed by atoms with Crippen molar-refractivity contribution in [3.63, 3.8) is 0 Å². The Morgan fingerprint density at radius 1 is 0.947 bits per heavy atom. The Morgan fingerprint density at radius 3 is 2.45 bits per heavy atom. The number of anilines is 1. The van der Waals surface area contributed by atoms with Gasteiger partial charge >= 0.3 is 5.97 Å². The van der Waals surface area contributed by atoms with Crippen LogP contribution in [0.2, 0.25) is 0 Å². The second-order valence-corrected chi connectivity index (χ2v) is 10.0. The van der Waals surface area contributed by atoms with Gasteiger partial charge in [-0.1, -0.05) is 48.5 Å². The molecule has 2 N–H and O–H groups in total. The highest BCUT2D eigenvalue weighted by Gasteiger charge is 2.24. The minimum Gasteiger partial charge on any atom is -0.494 e. The van der Waals surface area contributed by atoms with Gasteiger partial charge in [0.15, 0.2) is 10.8 Å². The quantitative estimate of drug-likeness (QED) is 0.267. The van der Waals surface area contributed by atoms with Crippen LogP contribution in [0.25, 0.3) is 11.1 Å². The predicted octanol–water partition coefficient (Wildman–Crippen LogP) is 4.69. The molecule has 0 saturated carbocycles. The molecule has 4 rings (SSSR count). The molecule has 2 aromatic heterocycles. The van der Waals surface area contributed by atoms with E-state index in [-0.39, 0.29) is 10.8 Å². The molecule has 9 nitrogen and oxygen atoms in total. The highest BCUT2D eigenvalue weighted by Crippen LogP contribution is 2.26. The number of benzene rings is 2. The maximum atomic E-state index is 13.1. The zero-order chi connectivity index (χ0) is 27.0. The third-order valence-corrected chi connectivity index (χ3v) is 6.90. The average Bonchev–Trinajstić information content (AvgIpc) is 2.93. The van der Waals surface area contributed by atoms with Crippen molar-refractivity contribution >= 4 is 21.8 Å². The Labute approximate surface area is 221 Å². The highest BCUT2D eigenvalue weighted by molar-refractivity contribution is 7.89. The molecule has 2 heterocycles. The summed E-state index contributed by atoms with van der Waals surface area (Å²) < 4.78 is 34.6. The third kappa shape index (κ3) is 7.15. The van der Waals surface area contributed by atoms with Gasteiger partial charge < -0.3 is 9.57 Å². The molecule has 1 unspecified atom stereocenters. The molecule has 0 aliphatic rings. The molecule has 0 saturated heterocycles. The van der Waals surface area contributed by atoms with Crippen molar-refractivity contribution in [1.82, 2.24) is 14.7 Å². The molecule has 0 aliphatic carbocycles. The van der Waals surface area contributed by atoms with Crippen molar-refractivity contribution in [1.29, 1.82) is 0 Å². The Bertz CT molecular complexity index is 1480. The van der Waals surface area contributed by atoms with Gasteiger partial charge in [0, 0.05) is 13.1 Å². The lowest BCUT2D eigenvalue weighted by Gasteiger charge is -2.19. The monoisotopic (exact) mass is 532 g/mol. The first-order chi connectivity index (χ1) is 18.3. The highest BCUT2D eigenvalue weighted by atomic mass is 32.2. The summed E-state index contributed by atoms with van der Waals surface area (Å²) in [7, 11) is -3.95. The fourth-order valence-electron chi connectivity index (χ4n) is 3.79. The number of nitrogens with one attached hydrogen (secondary N) is 2. The van der Waals surface area contributed by atoms with Gasteiger partial charge in [-0.3, -0.25) is 4.79 Å². The lowest BCUT2D eigenvalue weighted by atomic mass is 9.99. The summed E-state index contributed by atoms with van der Waals surface area (Å²) in [6.45, 7) is 3.79. The largest absolute Gasteiger partial charge is 0.494 e. The Hall–Kier alpha value is -4.28. The number of pyridine rings is 2. The molecule has 0 radical (unpaired) electrons. The molecule has 0 amide bonds. The van der Waals surface area contributed by atoms with E-state index in [0.29, 0.717) is 18.7 Å². The van der Waals surface area contributed by atoms with Crippen LogP contribution in [-0.2, 0) is 26.1 Å². The Kier molecular flexibility index (Phi) is 8.67. The molecule has 0 aliphatic heterocycles. The van der Waals surface area contributed by atoms with Crippen LogP contribution in [0.1, 0.15) is 31.1 Å². The Morgan fingerprint density at radius 2 is 1.74 bits per heavy atom. The summed E-state index contributed by atoms with van der Waals surface area (Å²) in [6, 6.07) is 24.7. The summed E-state index contributed by atoms with van der Waals surface area (Å²) in [5.74, 6) is 0.534. The molecule has 38 heavy (non-hydrogen) atoms. The Balaban J connectivity index is 1.61. The van der Waals surface area contributed by atoms with E-state index in [2.05, 4.69) is 20.2 Å². The SMILES string of the molecule is CCOc1cccc(-c2ccc(CC(NS(=O)(=O)c3ccccn3)c3cccc(NOC(C)=O)n3)cc2)c1. The van der Waals surface area contributed by atoms with Crippen LogP contribution in [0.5, 0.6) is 5.75 Å². The van der Waals surface area contributed by atoms with Crippen molar-refractivity contribution in [3.8, 4) is 16.9 Å². The number of carbonyl (C=O) groups is 1. The van der Waals surface area contributed by atoms with E-state index in [9.17, 15) is 13.2 Å². The van der Waals surface area contributed by atoms with Crippen LogP contribution in [0.15, 0.2) is 96.2 Å². The molecule has 1 atom stereocenters. The first-order valence-electron chi connectivity index (χ1n) is 12.0. The number of carbonyl (C=O) groups excluding carboxylic acids is 1. The van der Waals surface area contributed by atoms with Crippen LogP contribution < -0.4 is 14.9 Å². The van der Waals surface area contributed by atoms with E-state index in [1.807, 2.05) is 55.5 Å². The maximum Gasteiger partial charge on any atom is 0.329 e. The normalized spacial score (nSPS) is 11.9. The zero-order valence-corrected chi connectivity index (χ0v) is 21.8. The fraction of sp³-hybridized carbons (Fsp3) is 0.179. The second-order valence-electron chi connectivity index (χ2n) is 8.35. The van der Waals surface area contributed by atoms with Gasteiger partial charge in [-0.25, -0.2) is 28.6 Å². The van der Waals surface area contributed by atoms with Crippen LogP contribution in [0.3, 0.4) is 0 Å². The lowest BCUT2D eigenvalue weighted by Crippen LogP contribution is -2.31. The van der Waals surface area contributed by atoms with E-state index in [4.69, 9.17) is 9.57 Å². The molecule has 2 aromatic carbocycles. The van der Waals surface area contributed by atoms with Crippen LogP contribution in [-0.4, -0.2) is 31.0 Å². The summed E-state index contributed by atoms with van der Waals surface area (Å²) in [4.78, 5) is 24.5. The molecule has 196 valence electrons. The van der Waals surface area contributed by atoms with Crippen molar-refractivity contribution < 1.29 is 22.8 Å². The number of hydrogen-bond acceptors (Lipinski definition) is 8. The topological polar surface area (TPSA) is 120 Å². The van der Waals surface area contributed by atoms with Gasteiger partial charge in [0.25, 0.3) is 10.0 Å². The molecule has 0 fully saturated rings. The van der Waals surface area contributed by atoms with Crippen molar-refractivity contribution in [2.45, 2.75) is 31.3 Å². The van der Waals surface area contributed by atoms with Crippen LogP contribution in [0.4, 0.5) is 5.82 Å². The molecular formula is C28H28N4O5S. The summed E-state index contributed by atoms with van der Waals surface area (Å²) in [5, 5.41) is -0.0938. The van der Waals surface area contributed by atoms with Gasteiger partial charge in [0.1, 0.15) is 5.75 Å². The van der Waals surface area contributed by atoms with Gasteiger partial charge in [0.05, 0.1) is 18.3 Å². The first kappa shape index (κ1) is 26.8. The molecule has 10 heteroatoms. The third-order valence-electron chi connectivity index (χ3n) is 5.51. The number of ether oxygens (including phenoxy) is 1. The first-order valence-corrected chi connectivity index (χ1v) is 13.5. The number of aromatic nitrogens is 2. The summed E-state index contributed by atoms with van der Waals surface area (Å²) in [6.07, 6.45) is 1.74. The van der Waals surface area contributed by atoms with Crippen molar-refractivity contribution in [2.75, 3.05) is 12.1 Å². The zero-order valence-electron chi connectivity index (χ0n) is 21.0. The summed E-state index contributed by atoms with van der Waals surface area (Å²) >= 11 is 0. The number of sulfonamides is 1. The molecular weight excluding hydrogens is 504 g/mol. The molecule has 0 spiro atoms. The number of nitrogens with zero attached hydrogens (tertiary/aromatic N) is 2. The van der Waals surface area contributed by atoms with Crippen LogP contribution >= 0.6 is 0 Å². The van der Waals surface area contributed by atoms with E-state index in [1.165, 1.54) is 19.2 Å². The standard InChI is InChI=1S/C28H28N4O5S/c1-3-36-24-9-6-8-23(19-24)22-15-13-21(14-16-22)18-26(32-38(34,35)28-12-4-5-17-29-28)25-10-7-11-27(30-25)31-37-20(2)33/h4-17,19,26,32H,3,18H2,1-2H3,(H,30,31). The van der Waals surface area contributed by atoms with Crippen LogP contribution in [0, 0.1) is 0 Å². The van der Waals surface area contributed by atoms with Gasteiger partial charge in [0.2, 0.25) is 0 Å². The van der Waals surface area contributed by atoms with Crippen molar-refractivity contribution in [2.24, 2.45) is 0 Å². The predicted molar refractivity (Wildman–Crippen MR) is 144 cm³/mol. The van der Waals surface area contributed by atoms with E-state index in [1.54, 1.807) is 30.3 Å². The van der Waals surface area contributed by atoms with E-state index in [0.717, 1.165) is 22.4 Å². The molecule has 4 aromatic rings. The van der Waals surface area contributed by atoms with E-state index >= 15 is 0 Å². The van der Waals surface area contributed by atoms with Gasteiger partial charge in [-0.2, -0.15) is 0 Å². The van der Waals surface area contributed by atoms with Gasteiger partial charge in [-0.05, 0) is 66.4 Å². The average molecular weight is 533 g/mol. The molecule has 0 bridgehead atoms. The van der Waals surface area contributed by atoms with Gasteiger partial charge in [-0.15, -0.1) is 0 Å². The summed E-state index contributed by atoms with van der Waals surface area (Å²) in [5.41, 5.74) is 5.83.